The predicted molar refractivity (Wildman–Crippen MR) is 92.6 cm³/mol. The Kier molecular flexibility index (Phi) is 6.08. The van der Waals surface area contributed by atoms with Gasteiger partial charge in [0.05, 0.1) is 11.3 Å². The molecule has 1 amide bonds. The lowest BCUT2D eigenvalue weighted by Gasteiger charge is -2.07. The highest BCUT2D eigenvalue weighted by Gasteiger charge is 2.13. The van der Waals surface area contributed by atoms with Crippen LogP contribution in [0.4, 0.5) is 11.4 Å². The highest BCUT2D eigenvalue weighted by molar-refractivity contribution is 6.30. The van der Waals surface area contributed by atoms with Crippen LogP contribution >= 0.6 is 11.6 Å². The van der Waals surface area contributed by atoms with Crippen molar-refractivity contribution < 1.29 is 19.2 Å². The molecule has 0 aliphatic carbocycles. The van der Waals surface area contributed by atoms with Gasteiger partial charge >= 0.3 is 5.97 Å². The zero-order chi connectivity index (χ0) is 18.4. The summed E-state index contributed by atoms with van der Waals surface area (Å²) in [5.41, 5.74) is 1.36. The first-order valence-corrected chi connectivity index (χ1v) is 7.68. The van der Waals surface area contributed by atoms with Gasteiger partial charge in [-0.1, -0.05) is 29.8 Å². The number of rotatable bonds is 6. The first-order chi connectivity index (χ1) is 11.8. The molecule has 0 aliphatic rings. The number of esters is 1. The molecule has 2 aromatic carbocycles. The summed E-state index contributed by atoms with van der Waals surface area (Å²) in [5, 5.41) is 13.9. The van der Waals surface area contributed by atoms with Crippen molar-refractivity contribution in [2.45, 2.75) is 13.3 Å². The van der Waals surface area contributed by atoms with Gasteiger partial charge in [0.2, 0.25) is 0 Å². The number of halogens is 1. The number of nitrogens with one attached hydrogen (secondary N) is 1. The van der Waals surface area contributed by atoms with Crippen LogP contribution in [-0.4, -0.2) is 23.4 Å². The van der Waals surface area contributed by atoms with E-state index in [4.69, 9.17) is 16.3 Å². The topological polar surface area (TPSA) is 98.5 Å². The lowest BCUT2D eigenvalue weighted by molar-refractivity contribution is -0.385. The van der Waals surface area contributed by atoms with Crippen molar-refractivity contribution >= 4 is 34.9 Å². The molecule has 0 unspecified atom stereocenters. The van der Waals surface area contributed by atoms with E-state index in [-0.39, 0.29) is 17.8 Å². The van der Waals surface area contributed by atoms with Crippen molar-refractivity contribution in [1.82, 2.24) is 0 Å². The number of nitrogens with zero attached hydrogens (tertiary/aromatic N) is 1. The first kappa shape index (κ1) is 18.4. The van der Waals surface area contributed by atoms with E-state index in [1.807, 2.05) is 0 Å². The molecule has 2 aromatic rings. The SMILES string of the molecule is Cc1ccc(NC(=O)COC(=O)Cc2ccc(Cl)cc2)cc1[N+](=O)[O-]. The highest BCUT2D eigenvalue weighted by atomic mass is 35.5. The summed E-state index contributed by atoms with van der Waals surface area (Å²) in [6.45, 7) is 1.12. The Balaban J connectivity index is 1.86. The Morgan fingerprint density at radius 3 is 2.52 bits per heavy atom. The van der Waals surface area contributed by atoms with Gasteiger partial charge in [0, 0.05) is 22.3 Å². The standard InChI is InChI=1S/C17H15ClN2O5/c1-11-2-7-14(9-15(11)20(23)24)19-16(21)10-25-17(22)8-12-3-5-13(18)6-4-12/h2-7,9H,8,10H2,1H3,(H,19,21). The molecule has 0 atom stereocenters. The second kappa shape index (κ2) is 8.25. The number of carbonyl (C=O) groups excluding carboxylic acids is 2. The quantitative estimate of drug-likeness (QED) is 0.483. The average molecular weight is 363 g/mol. The zero-order valence-electron chi connectivity index (χ0n) is 13.3. The van der Waals surface area contributed by atoms with Crippen molar-refractivity contribution in [1.29, 1.82) is 0 Å². The summed E-state index contributed by atoms with van der Waals surface area (Å²) in [5.74, 6) is -1.14. The van der Waals surface area contributed by atoms with E-state index in [0.29, 0.717) is 16.1 Å². The van der Waals surface area contributed by atoms with Crippen LogP contribution < -0.4 is 5.32 Å². The molecular weight excluding hydrogens is 348 g/mol. The van der Waals surface area contributed by atoms with E-state index in [0.717, 1.165) is 0 Å². The van der Waals surface area contributed by atoms with Gasteiger partial charge < -0.3 is 10.1 Å². The minimum Gasteiger partial charge on any atom is -0.455 e. The van der Waals surface area contributed by atoms with Gasteiger partial charge in [-0.15, -0.1) is 0 Å². The molecule has 130 valence electrons. The molecule has 0 spiro atoms. The maximum absolute atomic E-state index is 11.8. The Morgan fingerprint density at radius 2 is 1.88 bits per heavy atom. The maximum atomic E-state index is 11.8. The lowest BCUT2D eigenvalue weighted by atomic mass is 10.1. The van der Waals surface area contributed by atoms with Gasteiger partial charge in [-0.05, 0) is 30.7 Å². The molecular formula is C17H15ClN2O5. The Hall–Kier alpha value is -2.93. The molecule has 2 rings (SSSR count). The Bertz CT molecular complexity index is 805. The van der Waals surface area contributed by atoms with E-state index in [9.17, 15) is 19.7 Å². The van der Waals surface area contributed by atoms with Crippen LogP contribution in [0.1, 0.15) is 11.1 Å². The van der Waals surface area contributed by atoms with E-state index in [1.165, 1.54) is 18.2 Å². The van der Waals surface area contributed by atoms with Gasteiger partial charge in [-0.3, -0.25) is 19.7 Å². The Labute approximate surface area is 148 Å². The molecule has 0 heterocycles. The van der Waals surface area contributed by atoms with Crippen LogP contribution in [0.15, 0.2) is 42.5 Å². The normalized spacial score (nSPS) is 10.2. The minimum absolute atomic E-state index is 0.0143. The van der Waals surface area contributed by atoms with Crippen LogP contribution in [0.2, 0.25) is 5.02 Å². The summed E-state index contributed by atoms with van der Waals surface area (Å²) in [6.07, 6.45) is 0.0143. The number of hydrogen-bond acceptors (Lipinski definition) is 5. The fraction of sp³-hybridized carbons (Fsp3) is 0.176. The third kappa shape index (κ3) is 5.58. The van der Waals surface area contributed by atoms with Crippen LogP contribution in [0, 0.1) is 17.0 Å². The molecule has 1 N–H and O–H groups in total. The van der Waals surface area contributed by atoms with E-state index in [2.05, 4.69) is 5.32 Å². The van der Waals surface area contributed by atoms with Crippen LogP contribution in [0.25, 0.3) is 0 Å². The van der Waals surface area contributed by atoms with Crippen molar-refractivity contribution in [2.24, 2.45) is 0 Å². The molecule has 0 bridgehead atoms. The van der Waals surface area contributed by atoms with Crippen LogP contribution in [-0.2, 0) is 20.7 Å². The molecule has 0 aromatic heterocycles. The molecule has 7 nitrogen and oxygen atoms in total. The molecule has 25 heavy (non-hydrogen) atoms. The fourth-order valence-corrected chi connectivity index (χ4v) is 2.17. The molecule has 0 radical (unpaired) electrons. The van der Waals surface area contributed by atoms with Gasteiger partial charge in [-0.25, -0.2) is 0 Å². The number of benzene rings is 2. The maximum Gasteiger partial charge on any atom is 0.310 e. The van der Waals surface area contributed by atoms with Gasteiger partial charge in [0.1, 0.15) is 0 Å². The lowest BCUT2D eigenvalue weighted by Crippen LogP contribution is -2.21. The van der Waals surface area contributed by atoms with E-state index < -0.39 is 23.4 Å². The molecule has 8 heteroatoms. The summed E-state index contributed by atoms with van der Waals surface area (Å²) >= 11 is 5.76. The first-order valence-electron chi connectivity index (χ1n) is 7.30. The summed E-state index contributed by atoms with van der Waals surface area (Å²) in [6, 6.07) is 11.0. The summed E-state index contributed by atoms with van der Waals surface area (Å²) < 4.78 is 4.89. The molecule has 0 fully saturated rings. The number of carbonyl (C=O) groups is 2. The van der Waals surface area contributed by atoms with Crippen LogP contribution in [0.5, 0.6) is 0 Å². The number of hydrogen-bond donors (Lipinski definition) is 1. The number of aryl methyl sites for hydroxylation is 1. The molecule has 0 saturated carbocycles. The van der Waals surface area contributed by atoms with Crippen molar-refractivity contribution in [3.63, 3.8) is 0 Å². The smallest absolute Gasteiger partial charge is 0.310 e. The van der Waals surface area contributed by atoms with Gasteiger partial charge in [0.25, 0.3) is 11.6 Å². The van der Waals surface area contributed by atoms with Crippen molar-refractivity contribution in [2.75, 3.05) is 11.9 Å². The minimum atomic E-state index is -0.581. The van der Waals surface area contributed by atoms with E-state index in [1.54, 1.807) is 31.2 Å². The fourth-order valence-electron chi connectivity index (χ4n) is 2.05. The summed E-state index contributed by atoms with van der Waals surface area (Å²) in [7, 11) is 0. The highest BCUT2D eigenvalue weighted by Crippen LogP contribution is 2.22. The second-order valence-electron chi connectivity index (χ2n) is 5.27. The molecule has 0 saturated heterocycles. The van der Waals surface area contributed by atoms with Gasteiger partial charge in [0.15, 0.2) is 6.61 Å². The monoisotopic (exact) mass is 362 g/mol. The number of nitro groups is 1. The predicted octanol–water partition coefficient (Wildman–Crippen LogP) is 3.28. The summed E-state index contributed by atoms with van der Waals surface area (Å²) in [4.78, 5) is 33.9. The number of nitro benzene ring substituents is 1. The zero-order valence-corrected chi connectivity index (χ0v) is 14.1. The number of anilines is 1. The third-order valence-electron chi connectivity index (χ3n) is 3.32. The third-order valence-corrected chi connectivity index (χ3v) is 3.57. The van der Waals surface area contributed by atoms with Crippen molar-refractivity contribution in [3.8, 4) is 0 Å². The number of ether oxygens (including phenoxy) is 1. The number of amides is 1. The Morgan fingerprint density at radius 1 is 1.20 bits per heavy atom. The van der Waals surface area contributed by atoms with Crippen molar-refractivity contribution in [3.05, 3.63) is 68.7 Å². The second-order valence-corrected chi connectivity index (χ2v) is 5.71. The van der Waals surface area contributed by atoms with Gasteiger partial charge in [-0.2, -0.15) is 0 Å². The molecule has 0 aliphatic heterocycles. The average Bonchev–Trinajstić information content (AvgIpc) is 2.56. The van der Waals surface area contributed by atoms with E-state index >= 15 is 0 Å². The largest absolute Gasteiger partial charge is 0.455 e. The van der Waals surface area contributed by atoms with Crippen LogP contribution in [0.3, 0.4) is 0 Å².